The third kappa shape index (κ3) is 3.90. The number of rotatable bonds is 5. The van der Waals surface area contributed by atoms with Gasteiger partial charge in [-0.25, -0.2) is 14.6 Å². The smallest absolute Gasteiger partial charge is 0.246 e. The maximum Gasteiger partial charge on any atom is 0.246 e. The molecule has 9 nitrogen and oxygen atoms in total. The van der Waals surface area contributed by atoms with Gasteiger partial charge in [-0.05, 0) is 57.4 Å². The van der Waals surface area contributed by atoms with Gasteiger partial charge in [0.05, 0.1) is 12.1 Å². The molecule has 2 aliphatic rings. The molecule has 34 heavy (non-hydrogen) atoms. The highest BCUT2D eigenvalue weighted by molar-refractivity contribution is 6.01. The molecule has 0 radical (unpaired) electrons. The van der Waals surface area contributed by atoms with Crippen LogP contribution in [0.3, 0.4) is 0 Å². The lowest BCUT2D eigenvalue weighted by atomic mass is 9.91. The highest BCUT2D eigenvalue weighted by atomic mass is 16.5. The van der Waals surface area contributed by atoms with Crippen molar-refractivity contribution < 1.29 is 9.53 Å². The zero-order valence-corrected chi connectivity index (χ0v) is 20.2. The van der Waals surface area contributed by atoms with Gasteiger partial charge < -0.3 is 15.0 Å². The Morgan fingerprint density at radius 1 is 1.12 bits per heavy atom. The molecule has 1 amide bonds. The van der Waals surface area contributed by atoms with Crippen LogP contribution in [0.4, 0.5) is 0 Å². The highest BCUT2D eigenvalue weighted by Gasteiger charge is 2.27. The van der Waals surface area contributed by atoms with Crippen LogP contribution in [0, 0.1) is 0 Å². The van der Waals surface area contributed by atoms with Crippen LogP contribution in [0.5, 0.6) is 5.75 Å². The fourth-order valence-corrected chi connectivity index (χ4v) is 4.76. The number of aromatic nitrogens is 5. The van der Waals surface area contributed by atoms with E-state index in [0.29, 0.717) is 31.3 Å². The Morgan fingerprint density at radius 3 is 2.68 bits per heavy atom. The summed E-state index contributed by atoms with van der Waals surface area (Å²) in [7, 11) is 0. The number of carbonyl (C=O) groups is 1. The Bertz CT molecular complexity index is 1270. The molecule has 0 unspecified atom stereocenters. The number of ether oxygens (including phenoxy) is 1. The average Bonchev–Trinajstić information content (AvgIpc) is 3.43. The van der Waals surface area contributed by atoms with Crippen molar-refractivity contribution in [3.05, 3.63) is 41.9 Å². The van der Waals surface area contributed by atoms with Gasteiger partial charge in [-0.3, -0.25) is 9.69 Å². The topological polar surface area (TPSA) is 104 Å². The van der Waals surface area contributed by atoms with Gasteiger partial charge in [-0.15, -0.1) is 0 Å². The van der Waals surface area contributed by atoms with Crippen LogP contribution < -0.4 is 10.5 Å². The molecular formula is C25H31N7O2. The minimum atomic E-state index is -0.356. The van der Waals surface area contributed by atoms with Crippen molar-refractivity contribution in [3.8, 4) is 28.7 Å². The minimum absolute atomic E-state index is 0.187. The van der Waals surface area contributed by atoms with Crippen LogP contribution in [0.1, 0.15) is 45.7 Å². The molecule has 0 spiro atoms. The van der Waals surface area contributed by atoms with Gasteiger partial charge >= 0.3 is 0 Å². The summed E-state index contributed by atoms with van der Waals surface area (Å²) in [4.78, 5) is 23.9. The number of nitrogens with two attached hydrogens (primary N) is 1. The van der Waals surface area contributed by atoms with E-state index < -0.39 is 0 Å². The predicted octanol–water partition coefficient (Wildman–Crippen LogP) is 3.13. The molecule has 9 heteroatoms. The minimum Gasteiger partial charge on any atom is -0.491 e. The van der Waals surface area contributed by atoms with E-state index in [9.17, 15) is 4.79 Å². The maximum absolute atomic E-state index is 12.3. The van der Waals surface area contributed by atoms with E-state index in [1.54, 1.807) is 6.33 Å². The van der Waals surface area contributed by atoms with E-state index >= 15 is 0 Å². The number of benzene rings is 1. The second-order valence-corrected chi connectivity index (χ2v) is 9.46. The summed E-state index contributed by atoms with van der Waals surface area (Å²) < 4.78 is 10.1. The van der Waals surface area contributed by atoms with Crippen molar-refractivity contribution in [2.75, 3.05) is 19.7 Å². The number of amides is 1. The molecule has 0 aliphatic carbocycles. The van der Waals surface area contributed by atoms with E-state index in [1.807, 2.05) is 29.1 Å². The molecule has 0 atom stereocenters. The van der Waals surface area contributed by atoms with Crippen molar-refractivity contribution in [3.63, 3.8) is 0 Å². The number of nitrogens with zero attached hydrogens (tertiary/aromatic N) is 6. The first-order valence-corrected chi connectivity index (χ1v) is 11.8. The summed E-state index contributed by atoms with van der Waals surface area (Å²) in [5.41, 5.74) is 10.2. The van der Waals surface area contributed by atoms with Crippen LogP contribution >= 0.6 is 0 Å². The lowest BCUT2D eigenvalue weighted by Gasteiger charge is -2.33. The Hall–Kier alpha value is -3.46. The van der Waals surface area contributed by atoms with Crippen LogP contribution in [0.15, 0.2) is 36.3 Å². The first-order chi connectivity index (χ1) is 16.3. The Kier molecular flexibility index (Phi) is 5.73. The standard InChI is InChI=1S/C25H31N7O2/c1-15(2)30-8-7-18(20(12-30)23(26)33)17-5-6-19-22(11-17)34-10-9-31-13-21(29-24(19)31)25-27-14-28-32(25)16(3)4/h5-6,11,13-16H,7-10,12H2,1-4H3,(H2,26,33). The lowest BCUT2D eigenvalue weighted by Crippen LogP contribution is -2.39. The van der Waals surface area contributed by atoms with Crippen LogP contribution in [-0.4, -0.2) is 60.9 Å². The number of primary amides is 1. The van der Waals surface area contributed by atoms with Gasteiger partial charge in [0.1, 0.15) is 30.2 Å². The van der Waals surface area contributed by atoms with Crippen LogP contribution in [-0.2, 0) is 11.3 Å². The van der Waals surface area contributed by atoms with E-state index in [0.717, 1.165) is 52.8 Å². The van der Waals surface area contributed by atoms with Gasteiger partial charge in [-0.1, -0.05) is 6.07 Å². The molecule has 2 N–H and O–H groups in total. The molecule has 0 fully saturated rings. The summed E-state index contributed by atoms with van der Waals surface area (Å²) in [5.74, 6) is 2.00. The normalized spacial score (nSPS) is 16.4. The van der Waals surface area contributed by atoms with Crippen LogP contribution in [0.25, 0.3) is 28.5 Å². The highest BCUT2D eigenvalue weighted by Crippen LogP contribution is 2.38. The molecule has 0 saturated carbocycles. The quantitative estimate of drug-likeness (QED) is 0.626. The first kappa shape index (κ1) is 22.3. The monoisotopic (exact) mass is 461 g/mol. The van der Waals surface area contributed by atoms with Gasteiger partial charge in [0, 0.05) is 36.9 Å². The lowest BCUT2D eigenvalue weighted by molar-refractivity contribution is -0.114. The summed E-state index contributed by atoms with van der Waals surface area (Å²) >= 11 is 0. The van der Waals surface area contributed by atoms with Gasteiger partial charge in [0.15, 0.2) is 5.82 Å². The molecule has 2 aromatic heterocycles. The van der Waals surface area contributed by atoms with Crippen molar-refractivity contribution >= 4 is 11.5 Å². The van der Waals surface area contributed by atoms with E-state index in [-0.39, 0.29) is 11.9 Å². The SMILES string of the molecule is CC(C)N1CCC(c2ccc3c(c2)OCCn2cc(-c4ncnn4C(C)C)nc2-3)=C(C(N)=O)C1. The fourth-order valence-electron chi connectivity index (χ4n) is 4.76. The zero-order chi connectivity index (χ0) is 24.0. The number of hydrogen-bond donors (Lipinski definition) is 1. The average molecular weight is 462 g/mol. The number of hydrogen-bond acceptors (Lipinski definition) is 6. The first-order valence-electron chi connectivity index (χ1n) is 11.8. The predicted molar refractivity (Wildman–Crippen MR) is 130 cm³/mol. The molecular weight excluding hydrogens is 430 g/mol. The van der Waals surface area contributed by atoms with Crippen molar-refractivity contribution in [1.82, 2.24) is 29.2 Å². The molecule has 3 aromatic rings. The van der Waals surface area contributed by atoms with Crippen molar-refractivity contribution in [2.45, 2.75) is 52.7 Å². The number of imidazole rings is 1. The van der Waals surface area contributed by atoms with Gasteiger partial charge in [-0.2, -0.15) is 5.10 Å². The van der Waals surface area contributed by atoms with E-state index in [2.05, 4.69) is 47.2 Å². The summed E-state index contributed by atoms with van der Waals surface area (Å²) in [6.45, 7) is 11.1. The van der Waals surface area contributed by atoms with E-state index in [1.165, 1.54) is 0 Å². The largest absolute Gasteiger partial charge is 0.491 e. The fraction of sp³-hybridized carbons (Fsp3) is 0.440. The Morgan fingerprint density at radius 2 is 1.94 bits per heavy atom. The van der Waals surface area contributed by atoms with Gasteiger partial charge in [0.25, 0.3) is 0 Å². The third-order valence-corrected chi connectivity index (χ3v) is 6.63. The van der Waals surface area contributed by atoms with E-state index in [4.69, 9.17) is 15.5 Å². The summed E-state index contributed by atoms with van der Waals surface area (Å²) in [6, 6.07) is 6.66. The van der Waals surface area contributed by atoms with Crippen molar-refractivity contribution in [1.29, 1.82) is 0 Å². The van der Waals surface area contributed by atoms with Crippen molar-refractivity contribution in [2.24, 2.45) is 5.73 Å². The third-order valence-electron chi connectivity index (χ3n) is 6.63. The molecule has 5 rings (SSSR count). The van der Waals surface area contributed by atoms with Crippen LogP contribution in [0.2, 0.25) is 0 Å². The Labute approximate surface area is 199 Å². The zero-order valence-electron chi connectivity index (χ0n) is 20.2. The maximum atomic E-state index is 12.3. The molecule has 178 valence electrons. The van der Waals surface area contributed by atoms with Gasteiger partial charge in [0.2, 0.25) is 5.91 Å². The second kappa shape index (κ2) is 8.72. The number of carbonyl (C=O) groups excluding carboxylic acids is 1. The molecule has 4 heterocycles. The number of fused-ring (bicyclic) bond motifs is 3. The Balaban J connectivity index is 1.54. The molecule has 0 saturated heterocycles. The molecule has 0 bridgehead atoms. The summed E-state index contributed by atoms with van der Waals surface area (Å²) in [6.07, 6.45) is 4.36. The molecule has 1 aromatic carbocycles. The molecule has 2 aliphatic heterocycles. The summed E-state index contributed by atoms with van der Waals surface area (Å²) in [5, 5.41) is 4.35. The second-order valence-electron chi connectivity index (χ2n) is 9.46.